The van der Waals surface area contributed by atoms with E-state index in [9.17, 15) is 14.4 Å². The van der Waals surface area contributed by atoms with E-state index in [1.54, 1.807) is 0 Å². The molecule has 11 heteroatoms. The van der Waals surface area contributed by atoms with E-state index in [4.69, 9.17) is 14.7 Å². The van der Waals surface area contributed by atoms with E-state index in [0.717, 1.165) is 94.5 Å². The number of imidazole rings is 2. The summed E-state index contributed by atoms with van der Waals surface area (Å²) in [5, 5.41) is 4.94. The highest BCUT2D eigenvalue weighted by atomic mass is 16.5. The van der Waals surface area contributed by atoms with E-state index in [1.165, 1.54) is 7.11 Å². The number of hydrogen-bond acceptors (Lipinski definition) is 6. The molecule has 0 radical (unpaired) electrons. The number of methoxy groups -OCH3 is 1. The Bertz CT molecular complexity index is 2140. The number of benzene rings is 3. The Morgan fingerprint density at radius 2 is 1.45 bits per heavy atom. The number of H-pyrrole nitrogens is 2. The summed E-state index contributed by atoms with van der Waals surface area (Å²) < 4.78 is 4.77. The third kappa shape index (κ3) is 7.13. The van der Waals surface area contributed by atoms with Gasteiger partial charge in [-0.2, -0.15) is 0 Å². The molecule has 0 bridgehead atoms. The Kier molecular flexibility index (Phi) is 10.3. The van der Waals surface area contributed by atoms with Crippen molar-refractivity contribution in [3.63, 3.8) is 0 Å². The molecular formula is C42H51N7O4. The summed E-state index contributed by atoms with van der Waals surface area (Å²) in [7, 11) is 1.30. The highest BCUT2D eigenvalue weighted by Gasteiger charge is 2.38. The van der Waals surface area contributed by atoms with Crippen molar-refractivity contribution < 1.29 is 19.1 Å². The lowest BCUT2D eigenvalue weighted by molar-refractivity contribution is -0.137. The molecule has 2 aliphatic heterocycles. The minimum atomic E-state index is -0.676. The van der Waals surface area contributed by atoms with Crippen molar-refractivity contribution in [1.29, 1.82) is 0 Å². The Labute approximate surface area is 310 Å². The molecule has 4 heterocycles. The molecular weight excluding hydrogens is 667 g/mol. The SMILES string of the molecule is CC[C@H](C)[C@H](C)C(=O)N1CCC[C@H]1c1nc2ccc(-c3ccc4cc(-c5cnc([C@@H]6CCCN6C(=O)[C@@H](NC(=O)OC)C(C)C)[nH]5)ccc4c3)cc2[nH]1. The molecule has 5 aromatic rings. The predicted octanol–water partition coefficient (Wildman–Crippen LogP) is 8.16. The molecule has 2 aromatic heterocycles. The first-order chi connectivity index (χ1) is 25.6. The molecule has 2 saturated heterocycles. The number of alkyl carbamates (subject to hydrolysis) is 1. The van der Waals surface area contributed by atoms with Crippen LogP contribution in [0.15, 0.2) is 60.8 Å². The van der Waals surface area contributed by atoms with Gasteiger partial charge in [-0.3, -0.25) is 9.59 Å². The van der Waals surface area contributed by atoms with Gasteiger partial charge in [0.1, 0.15) is 17.7 Å². The monoisotopic (exact) mass is 717 g/mol. The van der Waals surface area contributed by atoms with Crippen molar-refractivity contribution in [2.45, 2.75) is 84.8 Å². The van der Waals surface area contributed by atoms with E-state index in [0.29, 0.717) is 12.5 Å². The molecule has 0 saturated carbocycles. The van der Waals surface area contributed by atoms with E-state index in [2.05, 4.69) is 90.7 Å². The topological polar surface area (TPSA) is 136 Å². The van der Waals surface area contributed by atoms with Gasteiger partial charge in [-0.25, -0.2) is 14.8 Å². The molecule has 3 N–H and O–H groups in total. The first kappa shape index (κ1) is 36.2. The van der Waals surface area contributed by atoms with E-state index < -0.39 is 12.1 Å². The van der Waals surface area contributed by atoms with Gasteiger partial charge in [-0.1, -0.05) is 71.4 Å². The maximum Gasteiger partial charge on any atom is 0.407 e. The van der Waals surface area contributed by atoms with Crippen molar-refractivity contribution in [2.24, 2.45) is 17.8 Å². The number of aromatic amines is 2. The zero-order valence-electron chi connectivity index (χ0n) is 31.6. The minimum absolute atomic E-state index is 0.000440. The van der Waals surface area contributed by atoms with Crippen LogP contribution in [0.1, 0.15) is 90.5 Å². The molecule has 11 nitrogen and oxygen atoms in total. The summed E-state index contributed by atoms with van der Waals surface area (Å²) in [5.74, 6) is 1.97. The smallest absolute Gasteiger partial charge is 0.407 e. The molecule has 5 atom stereocenters. The van der Waals surface area contributed by atoms with Gasteiger partial charge in [0, 0.05) is 24.6 Å². The van der Waals surface area contributed by atoms with Crippen molar-refractivity contribution in [3.8, 4) is 22.4 Å². The Morgan fingerprint density at radius 3 is 2.13 bits per heavy atom. The molecule has 278 valence electrons. The van der Waals surface area contributed by atoms with Crippen molar-refractivity contribution in [3.05, 3.63) is 72.4 Å². The second-order valence-corrected chi connectivity index (χ2v) is 15.2. The van der Waals surface area contributed by atoms with E-state index >= 15 is 0 Å². The number of ether oxygens (including phenoxy) is 1. The highest BCUT2D eigenvalue weighted by molar-refractivity contribution is 5.92. The molecule has 2 fully saturated rings. The average molecular weight is 718 g/mol. The quantitative estimate of drug-likeness (QED) is 0.133. The Morgan fingerprint density at radius 1 is 0.830 bits per heavy atom. The second-order valence-electron chi connectivity index (χ2n) is 15.2. The molecule has 0 aliphatic carbocycles. The number of rotatable bonds is 10. The van der Waals surface area contributed by atoms with E-state index in [1.807, 2.05) is 29.8 Å². The van der Waals surface area contributed by atoms with Crippen molar-refractivity contribution in [2.75, 3.05) is 20.2 Å². The Hall–Kier alpha value is -5.19. The van der Waals surface area contributed by atoms with Crippen LogP contribution in [0, 0.1) is 17.8 Å². The fraction of sp³-hybridized carbons (Fsp3) is 0.452. The molecule has 7 rings (SSSR count). The lowest BCUT2D eigenvalue weighted by Gasteiger charge is -2.30. The first-order valence-corrected chi connectivity index (χ1v) is 19.1. The zero-order valence-corrected chi connectivity index (χ0v) is 31.6. The Balaban J connectivity index is 1.08. The van der Waals surface area contributed by atoms with Gasteiger partial charge < -0.3 is 29.8 Å². The van der Waals surface area contributed by atoms with Crippen LogP contribution < -0.4 is 5.32 Å². The lowest BCUT2D eigenvalue weighted by Crippen LogP contribution is -2.51. The number of nitrogens with one attached hydrogen (secondary N) is 3. The number of hydrogen-bond donors (Lipinski definition) is 3. The molecule has 0 unspecified atom stereocenters. The summed E-state index contributed by atoms with van der Waals surface area (Å²) in [6, 6.07) is 18.3. The van der Waals surface area contributed by atoms with Gasteiger partial charge in [0.15, 0.2) is 0 Å². The van der Waals surface area contributed by atoms with Gasteiger partial charge in [-0.15, -0.1) is 0 Å². The summed E-state index contributed by atoms with van der Waals surface area (Å²) in [5.41, 5.74) is 5.98. The molecule has 0 spiro atoms. The normalized spacial score (nSPS) is 19.2. The van der Waals surface area contributed by atoms with Crippen LogP contribution >= 0.6 is 0 Å². The fourth-order valence-electron chi connectivity index (χ4n) is 7.98. The lowest BCUT2D eigenvalue weighted by atomic mass is 9.92. The predicted molar refractivity (Wildman–Crippen MR) is 207 cm³/mol. The van der Waals surface area contributed by atoms with Crippen LogP contribution in [-0.4, -0.2) is 73.9 Å². The van der Waals surface area contributed by atoms with E-state index in [-0.39, 0.29) is 35.7 Å². The van der Waals surface area contributed by atoms with Crippen LogP contribution in [0.4, 0.5) is 4.79 Å². The largest absolute Gasteiger partial charge is 0.453 e. The van der Waals surface area contributed by atoms with Crippen LogP contribution in [0.2, 0.25) is 0 Å². The molecule has 3 aromatic carbocycles. The van der Waals surface area contributed by atoms with Crippen molar-refractivity contribution in [1.82, 2.24) is 35.1 Å². The van der Waals surface area contributed by atoms with Crippen LogP contribution in [-0.2, 0) is 14.3 Å². The number of fused-ring (bicyclic) bond motifs is 2. The molecule has 53 heavy (non-hydrogen) atoms. The van der Waals surface area contributed by atoms with Crippen LogP contribution in [0.3, 0.4) is 0 Å². The fourth-order valence-corrected chi connectivity index (χ4v) is 7.98. The number of likely N-dealkylation sites (tertiary alicyclic amines) is 2. The third-order valence-corrected chi connectivity index (χ3v) is 11.6. The second kappa shape index (κ2) is 15.0. The molecule has 2 aliphatic rings. The van der Waals surface area contributed by atoms with Crippen LogP contribution in [0.5, 0.6) is 0 Å². The highest BCUT2D eigenvalue weighted by Crippen LogP contribution is 2.36. The third-order valence-electron chi connectivity index (χ3n) is 11.6. The summed E-state index contributed by atoms with van der Waals surface area (Å²) in [4.78, 5) is 59.5. The maximum absolute atomic E-state index is 13.6. The number of carbonyl (C=O) groups is 3. The number of aromatic nitrogens is 4. The maximum atomic E-state index is 13.6. The molecule has 3 amide bonds. The van der Waals surface area contributed by atoms with Gasteiger partial charge in [0.25, 0.3) is 0 Å². The summed E-state index contributed by atoms with van der Waals surface area (Å²) in [6.07, 6.45) is 5.78. The van der Waals surface area contributed by atoms with Gasteiger partial charge in [0.2, 0.25) is 11.8 Å². The standard InChI is InChI=1S/C42H51N7O4/c1-7-25(4)26(5)40(50)48-18-9-11-36(48)39-44-32-17-16-30(22-33(32)45-39)28-12-13-29-21-31(15-14-27(29)20-28)34-23-43-38(46-34)35-10-8-19-49(35)41(51)37(24(2)3)47-42(52)53-6/h12-17,20-26,35-37H,7-11,18-19H2,1-6H3,(H,43,46)(H,44,45)(H,47,52)/t25-,26-,35-,36-,37-/m0/s1. The minimum Gasteiger partial charge on any atom is -0.453 e. The summed E-state index contributed by atoms with van der Waals surface area (Å²) >= 11 is 0. The number of amides is 3. The zero-order chi connectivity index (χ0) is 37.4. The number of carbonyl (C=O) groups excluding carboxylic acids is 3. The van der Waals surface area contributed by atoms with Gasteiger partial charge in [-0.05, 0) is 83.7 Å². The van der Waals surface area contributed by atoms with Gasteiger partial charge >= 0.3 is 6.09 Å². The van der Waals surface area contributed by atoms with Crippen molar-refractivity contribution >= 4 is 39.7 Å². The average Bonchev–Trinajstić information content (AvgIpc) is 4.01. The van der Waals surface area contributed by atoms with Crippen LogP contribution in [0.25, 0.3) is 44.2 Å². The number of nitrogens with zero attached hydrogens (tertiary/aromatic N) is 4. The first-order valence-electron chi connectivity index (χ1n) is 19.1. The summed E-state index contributed by atoms with van der Waals surface area (Å²) in [6.45, 7) is 11.6. The van der Waals surface area contributed by atoms with Gasteiger partial charge in [0.05, 0.1) is 42.1 Å².